The van der Waals surface area contributed by atoms with E-state index in [2.05, 4.69) is 0 Å². The van der Waals surface area contributed by atoms with Gasteiger partial charge in [0.25, 0.3) is 15.7 Å². The second kappa shape index (κ2) is 6.74. The van der Waals surface area contributed by atoms with E-state index >= 15 is 0 Å². The number of rotatable bonds is 5. The third kappa shape index (κ3) is 3.34. The standard InChI is InChI=1S/C15H14ClFN2O4S/c1-3-18(11-5-7-14(17)13(16)8-11)24(22,23)12-6-4-10(2)15(9-12)19(20)21/h4-9H,3H2,1-2H3. The van der Waals surface area contributed by atoms with E-state index in [-0.39, 0.29) is 27.8 Å². The highest BCUT2D eigenvalue weighted by Crippen LogP contribution is 2.29. The van der Waals surface area contributed by atoms with Gasteiger partial charge in [-0.3, -0.25) is 14.4 Å². The van der Waals surface area contributed by atoms with Crippen LogP contribution in [0.2, 0.25) is 5.02 Å². The third-order valence-corrected chi connectivity index (χ3v) is 5.63. The Hall–Kier alpha value is -2.19. The summed E-state index contributed by atoms with van der Waals surface area (Å²) in [5.41, 5.74) is 0.239. The Kier molecular flexibility index (Phi) is 5.10. The first kappa shape index (κ1) is 18.2. The van der Waals surface area contributed by atoms with E-state index in [1.54, 1.807) is 6.92 Å². The lowest BCUT2D eigenvalue weighted by molar-refractivity contribution is -0.385. The second-order valence-electron chi connectivity index (χ2n) is 4.97. The van der Waals surface area contributed by atoms with Crippen molar-refractivity contribution in [2.75, 3.05) is 10.8 Å². The third-order valence-electron chi connectivity index (χ3n) is 3.44. The molecule has 0 heterocycles. The predicted molar refractivity (Wildman–Crippen MR) is 89.4 cm³/mol. The molecule has 0 aliphatic rings. The quantitative estimate of drug-likeness (QED) is 0.588. The Bertz CT molecular complexity index is 902. The molecule has 2 rings (SSSR count). The number of halogens is 2. The molecule has 128 valence electrons. The summed E-state index contributed by atoms with van der Waals surface area (Å²) in [5.74, 6) is -0.667. The molecule has 0 radical (unpaired) electrons. The largest absolute Gasteiger partial charge is 0.273 e. The van der Waals surface area contributed by atoms with Crippen molar-refractivity contribution >= 4 is 33.0 Å². The van der Waals surface area contributed by atoms with Gasteiger partial charge in [0.15, 0.2) is 0 Å². The van der Waals surface area contributed by atoms with E-state index in [0.29, 0.717) is 5.56 Å². The fraction of sp³-hybridized carbons (Fsp3) is 0.200. The molecule has 0 aliphatic carbocycles. The maximum Gasteiger partial charge on any atom is 0.273 e. The topological polar surface area (TPSA) is 80.5 Å². The maximum absolute atomic E-state index is 13.3. The van der Waals surface area contributed by atoms with E-state index in [1.165, 1.54) is 31.2 Å². The number of benzene rings is 2. The highest BCUT2D eigenvalue weighted by molar-refractivity contribution is 7.92. The first-order chi connectivity index (χ1) is 11.2. The Morgan fingerprint density at radius 2 is 1.92 bits per heavy atom. The zero-order chi connectivity index (χ0) is 18.1. The number of aryl methyl sites for hydroxylation is 1. The molecule has 2 aromatic carbocycles. The number of anilines is 1. The monoisotopic (exact) mass is 372 g/mol. The van der Waals surface area contributed by atoms with Gasteiger partial charge in [-0.1, -0.05) is 17.7 Å². The van der Waals surface area contributed by atoms with Crippen molar-refractivity contribution in [1.29, 1.82) is 0 Å². The van der Waals surface area contributed by atoms with Gasteiger partial charge in [0.2, 0.25) is 0 Å². The van der Waals surface area contributed by atoms with E-state index in [4.69, 9.17) is 11.6 Å². The van der Waals surface area contributed by atoms with Crippen LogP contribution < -0.4 is 4.31 Å². The van der Waals surface area contributed by atoms with Crippen LogP contribution in [0.1, 0.15) is 12.5 Å². The lowest BCUT2D eigenvalue weighted by atomic mass is 10.2. The number of hydrogen-bond acceptors (Lipinski definition) is 4. The summed E-state index contributed by atoms with van der Waals surface area (Å²) >= 11 is 5.71. The van der Waals surface area contributed by atoms with Crippen molar-refractivity contribution in [3.05, 3.63) is 62.9 Å². The van der Waals surface area contributed by atoms with E-state index in [9.17, 15) is 22.9 Å². The minimum Gasteiger partial charge on any atom is -0.267 e. The Balaban J connectivity index is 2.56. The summed E-state index contributed by atoms with van der Waals surface area (Å²) in [6, 6.07) is 7.22. The predicted octanol–water partition coefficient (Wildman–Crippen LogP) is 3.91. The molecule has 0 spiro atoms. The number of hydrogen-bond donors (Lipinski definition) is 0. The molecule has 0 atom stereocenters. The van der Waals surface area contributed by atoms with Gasteiger partial charge in [0, 0.05) is 18.2 Å². The van der Waals surface area contributed by atoms with Crippen molar-refractivity contribution in [2.24, 2.45) is 0 Å². The van der Waals surface area contributed by atoms with E-state index in [0.717, 1.165) is 16.4 Å². The summed E-state index contributed by atoms with van der Waals surface area (Å²) in [5, 5.41) is 10.8. The van der Waals surface area contributed by atoms with Crippen molar-refractivity contribution < 1.29 is 17.7 Å². The van der Waals surface area contributed by atoms with Crippen LogP contribution in [-0.2, 0) is 10.0 Å². The van der Waals surface area contributed by atoms with Crippen LogP contribution in [0.3, 0.4) is 0 Å². The van der Waals surface area contributed by atoms with Gasteiger partial charge >= 0.3 is 0 Å². The number of nitro benzene ring substituents is 1. The van der Waals surface area contributed by atoms with Crippen LogP contribution in [0, 0.1) is 22.9 Å². The summed E-state index contributed by atoms with van der Waals surface area (Å²) in [6.07, 6.45) is 0. The molecule has 9 heteroatoms. The molecule has 0 saturated heterocycles. The van der Waals surface area contributed by atoms with Crippen molar-refractivity contribution in [1.82, 2.24) is 0 Å². The van der Waals surface area contributed by atoms with Crippen molar-refractivity contribution in [3.63, 3.8) is 0 Å². The van der Waals surface area contributed by atoms with E-state index in [1.807, 2.05) is 0 Å². The molecule has 24 heavy (non-hydrogen) atoms. The lowest BCUT2D eigenvalue weighted by Crippen LogP contribution is -2.30. The van der Waals surface area contributed by atoms with Crippen LogP contribution in [0.25, 0.3) is 0 Å². The van der Waals surface area contributed by atoms with Gasteiger partial charge in [-0.15, -0.1) is 0 Å². The normalized spacial score (nSPS) is 11.3. The molecule has 0 amide bonds. The SMILES string of the molecule is CCN(c1ccc(F)c(Cl)c1)S(=O)(=O)c1ccc(C)c([N+](=O)[O-])c1. The van der Waals surface area contributed by atoms with Gasteiger partial charge in [0.1, 0.15) is 5.82 Å². The van der Waals surface area contributed by atoms with Crippen LogP contribution in [-0.4, -0.2) is 19.9 Å². The van der Waals surface area contributed by atoms with Crippen molar-refractivity contribution in [2.45, 2.75) is 18.7 Å². The maximum atomic E-state index is 13.3. The number of nitrogens with zero attached hydrogens (tertiary/aromatic N) is 2. The molecule has 6 nitrogen and oxygen atoms in total. The highest BCUT2D eigenvalue weighted by atomic mass is 35.5. The zero-order valence-electron chi connectivity index (χ0n) is 12.9. The molecular weight excluding hydrogens is 359 g/mol. The summed E-state index contributed by atoms with van der Waals surface area (Å²) in [7, 11) is -4.06. The Labute approximate surface area is 143 Å². The zero-order valence-corrected chi connectivity index (χ0v) is 14.4. The average Bonchev–Trinajstić information content (AvgIpc) is 2.51. The van der Waals surface area contributed by atoms with Gasteiger partial charge in [-0.25, -0.2) is 12.8 Å². The first-order valence-corrected chi connectivity index (χ1v) is 8.73. The summed E-state index contributed by atoms with van der Waals surface area (Å²) in [6.45, 7) is 3.16. The van der Waals surface area contributed by atoms with E-state index < -0.39 is 20.8 Å². The smallest absolute Gasteiger partial charge is 0.267 e. The van der Waals surface area contributed by atoms with Crippen LogP contribution >= 0.6 is 11.6 Å². The van der Waals surface area contributed by atoms with Gasteiger partial charge in [-0.2, -0.15) is 0 Å². The molecule has 0 aliphatic heterocycles. The average molecular weight is 373 g/mol. The molecule has 0 bridgehead atoms. The van der Waals surface area contributed by atoms with Crippen LogP contribution in [0.4, 0.5) is 15.8 Å². The fourth-order valence-electron chi connectivity index (χ4n) is 2.21. The molecule has 0 fully saturated rings. The Morgan fingerprint density at radius 3 is 2.46 bits per heavy atom. The molecule has 2 aromatic rings. The lowest BCUT2D eigenvalue weighted by Gasteiger charge is -2.23. The first-order valence-electron chi connectivity index (χ1n) is 6.91. The van der Waals surface area contributed by atoms with Crippen molar-refractivity contribution in [3.8, 4) is 0 Å². The van der Waals surface area contributed by atoms with Crippen LogP contribution in [0.5, 0.6) is 0 Å². The van der Waals surface area contributed by atoms with Gasteiger partial charge in [0.05, 0.1) is 20.5 Å². The number of sulfonamides is 1. The summed E-state index contributed by atoms with van der Waals surface area (Å²) in [4.78, 5) is 10.2. The van der Waals surface area contributed by atoms with Crippen LogP contribution in [0.15, 0.2) is 41.3 Å². The van der Waals surface area contributed by atoms with Gasteiger partial charge < -0.3 is 0 Å². The Morgan fingerprint density at radius 1 is 1.25 bits per heavy atom. The second-order valence-corrected chi connectivity index (χ2v) is 7.24. The highest BCUT2D eigenvalue weighted by Gasteiger charge is 2.26. The molecule has 0 unspecified atom stereocenters. The molecule has 0 aromatic heterocycles. The molecular formula is C15H14ClFN2O4S. The van der Waals surface area contributed by atoms with Gasteiger partial charge in [-0.05, 0) is 38.1 Å². The minimum atomic E-state index is -4.06. The molecule has 0 N–H and O–H groups in total. The molecule has 0 saturated carbocycles. The number of nitro groups is 1. The fourth-order valence-corrected chi connectivity index (χ4v) is 3.87. The minimum absolute atomic E-state index is 0.0476. The summed E-state index contributed by atoms with van der Waals surface area (Å²) < 4.78 is 39.9.